The molecule has 2 aromatic carbocycles. The molecule has 2 aliphatic heterocycles. The van der Waals surface area contributed by atoms with E-state index in [1.54, 1.807) is 6.07 Å². The molecule has 11 heteroatoms. The Morgan fingerprint density at radius 1 is 1.18 bits per heavy atom. The van der Waals surface area contributed by atoms with Gasteiger partial charge < -0.3 is 19.6 Å². The summed E-state index contributed by atoms with van der Waals surface area (Å²) in [5, 5.41) is 11.8. The van der Waals surface area contributed by atoms with E-state index < -0.39 is 34.9 Å². The highest BCUT2D eigenvalue weighted by atomic mass is 35.5. The topological polar surface area (TPSA) is 73.3 Å². The lowest BCUT2D eigenvalue weighted by Gasteiger charge is -2.27. The summed E-state index contributed by atoms with van der Waals surface area (Å²) in [6, 6.07) is 8.01. The average Bonchev–Trinajstić information content (AvgIpc) is 3.38. The number of anilines is 1. The smallest absolute Gasteiger partial charge is 0.416 e. The van der Waals surface area contributed by atoms with Crippen LogP contribution >= 0.6 is 11.6 Å². The van der Waals surface area contributed by atoms with Crippen LogP contribution in [0.5, 0.6) is 0 Å². The minimum absolute atomic E-state index is 0.00677. The van der Waals surface area contributed by atoms with Gasteiger partial charge in [0.05, 0.1) is 24.3 Å². The normalized spacial score (nSPS) is 19.1. The summed E-state index contributed by atoms with van der Waals surface area (Å²) in [6.45, 7) is 6.21. The van der Waals surface area contributed by atoms with Crippen molar-refractivity contribution in [3.05, 3.63) is 63.7 Å². The number of aliphatic hydroxyl groups is 1. The van der Waals surface area contributed by atoms with Crippen LogP contribution in [-0.2, 0) is 21.3 Å². The summed E-state index contributed by atoms with van der Waals surface area (Å²) in [5.41, 5.74) is -4.61. The molecule has 0 saturated carbocycles. The van der Waals surface area contributed by atoms with Crippen molar-refractivity contribution in [1.29, 1.82) is 0 Å². The van der Waals surface area contributed by atoms with E-state index in [4.69, 9.17) is 16.3 Å². The molecule has 4 rings (SSSR count). The first-order valence-corrected chi connectivity index (χ1v) is 12.6. The van der Waals surface area contributed by atoms with Crippen LogP contribution in [0.25, 0.3) is 0 Å². The van der Waals surface area contributed by atoms with E-state index in [0.717, 1.165) is 6.07 Å². The number of cyclic esters (lactones) is 1. The molecule has 1 N–H and O–H groups in total. The molecule has 0 bridgehead atoms. The highest BCUT2D eigenvalue weighted by molar-refractivity contribution is 6.32. The number of nitrogens with zero attached hydrogens (tertiary/aromatic N) is 3. The fourth-order valence-electron chi connectivity index (χ4n) is 4.74. The molecule has 1 fully saturated rings. The first-order valence-electron chi connectivity index (χ1n) is 12.2. The lowest BCUT2D eigenvalue weighted by Crippen LogP contribution is -2.44. The van der Waals surface area contributed by atoms with Gasteiger partial charge in [0.1, 0.15) is 6.61 Å². The van der Waals surface area contributed by atoms with Gasteiger partial charge in [-0.05, 0) is 31.3 Å². The van der Waals surface area contributed by atoms with Gasteiger partial charge in [0.2, 0.25) is 0 Å². The number of alkyl halides is 3. The predicted octanol–water partition coefficient (Wildman–Crippen LogP) is 4.09. The molecule has 7 nitrogen and oxygen atoms in total. The van der Waals surface area contributed by atoms with Crippen LogP contribution in [0.3, 0.4) is 0 Å². The monoisotopic (exact) mass is 549 g/mol. The largest absolute Gasteiger partial charge is 0.448 e. The number of carbonyl (C=O) groups excluding carboxylic acids is 2. The van der Waals surface area contributed by atoms with Gasteiger partial charge in [0.25, 0.3) is 5.91 Å². The lowest BCUT2D eigenvalue weighted by molar-refractivity contribution is -0.142. The molecular weight excluding hydrogens is 523 g/mol. The van der Waals surface area contributed by atoms with Crippen molar-refractivity contribution in [3.63, 3.8) is 0 Å². The van der Waals surface area contributed by atoms with Crippen molar-refractivity contribution in [3.8, 4) is 11.8 Å². The summed E-state index contributed by atoms with van der Waals surface area (Å²) < 4.78 is 48.3. The molecule has 0 aromatic heterocycles. The van der Waals surface area contributed by atoms with Crippen LogP contribution in [0.4, 0.5) is 23.7 Å². The summed E-state index contributed by atoms with van der Waals surface area (Å²) in [7, 11) is 0. The van der Waals surface area contributed by atoms with E-state index in [9.17, 15) is 27.9 Å². The minimum Gasteiger partial charge on any atom is -0.448 e. The first-order chi connectivity index (χ1) is 18.0. The Morgan fingerprint density at radius 3 is 2.50 bits per heavy atom. The van der Waals surface area contributed by atoms with Gasteiger partial charge in [0.15, 0.2) is 5.60 Å². The van der Waals surface area contributed by atoms with E-state index in [-0.39, 0.29) is 41.5 Å². The van der Waals surface area contributed by atoms with Crippen LogP contribution in [-0.4, -0.2) is 72.8 Å². The zero-order valence-corrected chi connectivity index (χ0v) is 21.7. The van der Waals surface area contributed by atoms with Crippen molar-refractivity contribution in [2.45, 2.75) is 25.6 Å². The van der Waals surface area contributed by atoms with Crippen LogP contribution in [0, 0.1) is 11.8 Å². The van der Waals surface area contributed by atoms with Gasteiger partial charge in [-0.25, -0.2) is 4.79 Å². The Kier molecular flexibility index (Phi) is 7.93. The van der Waals surface area contributed by atoms with Crippen LogP contribution in [0.15, 0.2) is 36.4 Å². The third kappa shape index (κ3) is 5.06. The SMILES string of the molecule is CCN(CC)CCN1C(=O)C(O)(c2ccccc2Cl)c2c1cc(C#CCN1CCOC1=O)cc2C(F)(F)F. The van der Waals surface area contributed by atoms with Crippen molar-refractivity contribution >= 4 is 29.3 Å². The number of halogens is 4. The minimum atomic E-state index is -4.91. The molecule has 0 radical (unpaired) electrons. The summed E-state index contributed by atoms with van der Waals surface area (Å²) >= 11 is 6.30. The Bertz CT molecular complexity index is 1300. The van der Waals surface area contributed by atoms with Gasteiger partial charge in [-0.15, -0.1) is 0 Å². The highest BCUT2D eigenvalue weighted by Crippen LogP contribution is 2.51. The van der Waals surface area contributed by atoms with E-state index in [1.807, 2.05) is 18.7 Å². The van der Waals surface area contributed by atoms with Crippen molar-refractivity contribution < 1.29 is 32.6 Å². The zero-order chi connectivity index (χ0) is 27.7. The number of fused-ring (bicyclic) bond motifs is 1. The van der Waals surface area contributed by atoms with Crippen molar-refractivity contribution in [2.24, 2.45) is 0 Å². The summed E-state index contributed by atoms with van der Waals surface area (Å²) in [6.07, 6.45) is -5.45. The van der Waals surface area contributed by atoms with Crippen LogP contribution in [0.1, 0.15) is 36.1 Å². The van der Waals surface area contributed by atoms with Gasteiger partial charge >= 0.3 is 12.3 Å². The number of rotatable bonds is 7. The quantitative estimate of drug-likeness (QED) is 0.527. The highest BCUT2D eigenvalue weighted by Gasteiger charge is 2.56. The second kappa shape index (κ2) is 10.8. The Hall–Kier alpha value is -3.26. The molecule has 1 saturated heterocycles. The van der Waals surface area contributed by atoms with Gasteiger partial charge in [-0.1, -0.05) is 55.5 Å². The molecule has 2 aliphatic rings. The fraction of sp³-hybridized carbons (Fsp3) is 0.407. The summed E-state index contributed by atoms with van der Waals surface area (Å²) in [5.74, 6) is 4.48. The molecule has 0 aliphatic carbocycles. The van der Waals surface area contributed by atoms with Gasteiger partial charge in [0, 0.05) is 34.8 Å². The van der Waals surface area contributed by atoms with Crippen molar-refractivity contribution in [1.82, 2.24) is 9.80 Å². The number of likely N-dealkylation sites (N-methyl/N-ethyl adjacent to an activating group) is 1. The molecule has 0 spiro atoms. The maximum absolute atomic E-state index is 14.5. The maximum Gasteiger partial charge on any atom is 0.416 e. The second-order valence-corrected chi connectivity index (χ2v) is 9.33. The van der Waals surface area contributed by atoms with E-state index in [0.29, 0.717) is 26.2 Å². The molecule has 2 amide bonds. The Morgan fingerprint density at radius 2 is 1.89 bits per heavy atom. The number of benzene rings is 2. The third-order valence-electron chi connectivity index (χ3n) is 6.78. The van der Waals surface area contributed by atoms with Gasteiger partial charge in [-0.2, -0.15) is 13.2 Å². The molecule has 38 heavy (non-hydrogen) atoms. The van der Waals surface area contributed by atoms with Crippen LogP contribution < -0.4 is 4.90 Å². The number of carbonyl (C=O) groups is 2. The molecule has 1 atom stereocenters. The number of hydrogen-bond acceptors (Lipinski definition) is 5. The molecule has 1 unspecified atom stereocenters. The zero-order valence-electron chi connectivity index (χ0n) is 20.9. The Labute approximate surface area is 223 Å². The third-order valence-corrected chi connectivity index (χ3v) is 7.11. The molecule has 2 heterocycles. The Balaban J connectivity index is 1.87. The summed E-state index contributed by atoms with van der Waals surface area (Å²) in [4.78, 5) is 30.0. The number of amides is 2. The van der Waals surface area contributed by atoms with Crippen molar-refractivity contribution in [2.75, 3.05) is 50.8 Å². The first kappa shape index (κ1) is 27.8. The predicted molar refractivity (Wildman–Crippen MR) is 136 cm³/mol. The van der Waals surface area contributed by atoms with E-state index in [2.05, 4.69) is 11.8 Å². The molecule has 2 aromatic rings. The van der Waals surface area contributed by atoms with E-state index >= 15 is 0 Å². The lowest BCUT2D eigenvalue weighted by atomic mass is 9.83. The standard InChI is InChI=1S/C27H27ClF3N3O4/c1-3-32(4-2)12-13-34-22-17-18(8-7-11-33-14-15-38-25(33)36)16-20(27(29,30)31)23(22)26(37,24(34)35)19-9-5-6-10-21(19)28/h5-6,9-10,16-17,37H,3-4,11-15H2,1-2H3. The number of ether oxygens (including phenoxy) is 1. The second-order valence-electron chi connectivity index (χ2n) is 8.93. The molecular formula is C27H27ClF3N3O4. The van der Waals surface area contributed by atoms with Gasteiger partial charge in [-0.3, -0.25) is 9.69 Å². The molecule has 202 valence electrons. The maximum atomic E-state index is 14.5. The average molecular weight is 550 g/mol. The van der Waals surface area contributed by atoms with E-state index in [1.165, 1.54) is 34.1 Å². The fourth-order valence-corrected chi connectivity index (χ4v) is 5.01. The number of hydrogen-bond donors (Lipinski definition) is 1. The van der Waals surface area contributed by atoms with Crippen LogP contribution in [0.2, 0.25) is 5.02 Å².